The fourth-order valence-corrected chi connectivity index (χ4v) is 3.40. The van der Waals surface area contributed by atoms with Crippen molar-refractivity contribution in [2.75, 3.05) is 19.3 Å². The minimum Gasteiger partial charge on any atom is -0.345 e. The smallest absolute Gasteiger partial charge is 0.232 e. The van der Waals surface area contributed by atoms with Gasteiger partial charge in [0, 0.05) is 41.3 Å². The van der Waals surface area contributed by atoms with Gasteiger partial charge >= 0.3 is 0 Å². The summed E-state index contributed by atoms with van der Waals surface area (Å²) in [5.41, 5.74) is 2.20. The molecule has 1 aromatic carbocycles. The lowest BCUT2D eigenvalue weighted by atomic mass is 10.2. The lowest BCUT2D eigenvalue weighted by Gasteiger charge is -2.17. The molecule has 0 saturated carbocycles. The second kappa shape index (κ2) is 8.34. The number of carbonyl (C=O) groups excluding carboxylic acids is 1. The molecular formula is C17H19BrN2OS. The van der Waals surface area contributed by atoms with Crippen LogP contribution in [-0.4, -0.2) is 35.1 Å². The maximum atomic E-state index is 12.2. The summed E-state index contributed by atoms with van der Waals surface area (Å²) in [6, 6.07) is 12.0. The quantitative estimate of drug-likeness (QED) is 0.713. The van der Waals surface area contributed by atoms with E-state index in [0.29, 0.717) is 12.3 Å². The summed E-state index contributed by atoms with van der Waals surface area (Å²) < 4.78 is 1.06. The average molecular weight is 379 g/mol. The van der Waals surface area contributed by atoms with Crippen molar-refractivity contribution in [2.45, 2.75) is 18.2 Å². The first-order valence-electron chi connectivity index (χ1n) is 7.09. The van der Waals surface area contributed by atoms with Crippen molar-refractivity contribution in [3.63, 3.8) is 0 Å². The Hall–Kier alpha value is -1.33. The van der Waals surface area contributed by atoms with Crippen LogP contribution in [0.1, 0.15) is 11.3 Å². The molecule has 3 nitrogen and oxygen atoms in total. The summed E-state index contributed by atoms with van der Waals surface area (Å²) in [5, 5.41) is 0. The molecule has 0 aliphatic carbocycles. The van der Waals surface area contributed by atoms with Crippen molar-refractivity contribution in [3.05, 3.63) is 58.3 Å². The van der Waals surface area contributed by atoms with Gasteiger partial charge in [0.1, 0.15) is 0 Å². The normalized spacial score (nSPS) is 10.5. The number of rotatable bonds is 6. The molecule has 0 aliphatic rings. The Morgan fingerprint density at radius 1 is 1.32 bits per heavy atom. The van der Waals surface area contributed by atoms with Crippen LogP contribution >= 0.6 is 27.7 Å². The van der Waals surface area contributed by atoms with E-state index in [0.717, 1.165) is 21.5 Å². The van der Waals surface area contributed by atoms with E-state index in [9.17, 15) is 4.79 Å². The second-order valence-electron chi connectivity index (χ2n) is 5.08. The second-order valence-corrected chi connectivity index (χ2v) is 7.02. The van der Waals surface area contributed by atoms with Crippen LogP contribution in [0.25, 0.3) is 0 Å². The summed E-state index contributed by atoms with van der Waals surface area (Å²) in [6.07, 6.45) is 2.56. The standard InChI is InChI=1S/C17H19BrN2OS/c1-13-11-14(18)6-7-16(13)22-12-17(21)20(2)10-8-15-5-3-4-9-19-15/h3-7,9,11H,8,10,12H2,1-2H3. The molecule has 5 heteroatoms. The van der Waals surface area contributed by atoms with E-state index in [4.69, 9.17) is 0 Å². The van der Waals surface area contributed by atoms with Gasteiger partial charge in [-0.3, -0.25) is 9.78 Å². The molecule has 0 fully saturated rings. The zero-order chi connectivity index (χ0) is 15.9. The Morgan fingerprint density at radius 3 is 2.82 bits per heavy atom. The zero-order valence-corrected chi connectivity index (χ0v) is 15.2. The van der Waals surface area contributed by atoms with Gasteiger partial charge in [0.2, 0.25) is 5.91 Å². The van der Waals surface area contributed by atoms with Gasteiger partial charge in [-0.15, -0.1) is 11.8 Å². The number of halogens is 1. The first-order valence-corrected chi connectivity index (χ1v) is 8.87. The van der Waals surface area contributed by atoms with E-state index in [1.54, 1.807) is 22.9 Å². The third-order valence-electron chi connectivity index (χ3n) is 3.34. The highest BCUT2D eigenvalue weighted by atomic mass is 79.9. The van der Waals surface area contributed by atoms with E-state index in [-0.39, 0.29) is 5.91 Å². The molecule has 0 unspecified atom stereocenters. The number of carbonyl (C=O) groups is 1. The highest BCUT2D eigenvalue weighted by Crippen LogP contribution is 2.25. The van der Waals surface area contributed by atoms with E-state index in [1.165, 1.54) is 5.56 Å². The van der Waals surface area contributed by atoms with E-state index >= 15 is 0 Å². The Morgan fingerprint density at radius 2 is 2.14 bits per heavy atom. The Bertz CT molecular complexity index is 634. The number of thioether (sulfide) groups is 1. The maximum absolute atomic E-state index is 12.2. The predicted molar refractivity (Wildman–Crippen MR) is 95.2 cm³/mol. The van der Waals surface area contributed by atoms with E-state index < -0.39 is 0 Å². The van der Waals surface area contributed by atoms with Crippen LogP contribution in [0, 0.1) is 6.92 Å². The van der Waals surface area contributed by atoms with Gasteiger partial charge in [-0.25, -0.2) is 0 Å². The van der Waals surface area contributed by atoms with Crippen LogP contribution in [0.4, 0.5) is 0 Å². The number of hydrogen-bond donors (Lipinski definition) is 0. The highest BCUT2D eigenvalue weighted by molar-refractivity contribution is 9.10. The van der Waals surface area contributed by atoms with Crippen LogP contribution in [0.15, 0.2) is 52.0 Å². The van der Waals surface area contributed by atoms with Crippen molar-refractivity contribution in [1.29, 1.82) is 0 Å². The average Bonchev–Trinajstić information content (AvgIpc) is 2.52. The van der Waals surface area contributed by atoms with Gasteiger partial charge < -0.3 is 4.90 Å². The maximum Gasteiger partial charge on any atom is 0.232 e. The number of hydrogen-bond acceptors (Lipinski definition) is 3. The van der Waals surface area contributed by atoms with Gasteiger partial charge in [0.15, 0.2) is 0 Å². The molecule has 2 aromatic rings. The molecule has 0 atom stereocenters. The van der Waals surface area contributed by atoms with Crippen LogP contribution in [0.3, 0.4) is 0 Å². The monoisotopic (exact) mass is 378 g/mol. The first-order chi connectivity index (χ1) is 10.6. The summed E-state index contributed by atoms with van der Waals surface area (Å²) in [7, 11) is 1.85. The van der Waals surface area contributed by atoms with Crippen molar-refractivity contribution in [3.8, 4) is 0 Å². The number of nitrogens with zero attached hydrogens (tertiary/aromatic N) is 2. The Labute approximate surface area is 144 Å². The molecule has 22 heavy (non-hydrogen) atoms. The molecule has 116 valence electrons. The number of pyridine rings is 1. The molecule has 0 bridgehead atoms. The van der Waals surface area contributed by atoms with Crippen LogP contribution in [-0.2, 0) is 11.2 Å². The highest BCUT2D eigenvalue weighted by Gasteiger charge is 2.10. The number of likely N-dealkylation sites (N-methyl/N-ethyl adjacent to an activating group) is 1. The molecule has 2 rings (SSSR count). The van der Waals surface area contributed by atoms with Gasteiger partial charge in [-0.2, -0.15) is 0 Å². The SMILES string of the molecule is Cc1cc(Br)ccc1SCC(=O)N(C)CCc1ccccn1. The topological polar surface area (TPSA) is 33.2 Å². The lowest BCUT2D eigenvalue weighted by Crippen LogP contribution is -2.30. The van der Waals surface area contributed by atoms with Crippen LogP contribution in [0.5, 0.6) is 0 Å². The van der Waals surface area contributed by atoms with E-state index in [1.807, 2.05) is 37.4 Å². The fraction of sp³-hybridized carbons (Fsp3) is 0.294. The van der Waals surface area contributed by atoms with Gasteiger partial charge in [0.25, 0.3) is 0 Å². The summed E-state index contributed by atoms with van der Waals surface area (Å²) in [6.45, 7) is 2.75. The van der Waals surface area contributed by atoms with Crippen molar-refractivity contribution >= 4 is 33.6 Å². The summed E-state index contributed by atoms with van der Waals surface area (Å²) in [5.74, 6) is 0.601. The van der Waals surface area contributed by atoms with Crippen LogP contribution in [0.2, 0.25) is 0 Å². The van der Waals surface area contributed by atoms with Gasteiger partial charge in [-0.1, -0.05) is 22.0 Å². The molecule has 0 saturated heterocycles. The third-order valence-corrected chi connectivity index (χ3v) is 5.00. The van der Waals surface area contributed by atoms with Gasteiger partial charge in [-0.05, 0) is 42.8 Å². The summed E-state index contributed by atoms with van der Waals surface area (Å²) >= 11 is 5.04. The Kier molecular flexibility index (Phi) is 6.46. The van der Waals surface area contributed by atoms with Gasteiger partial charge in [0.05, 0.1) is 5.75 Å². The van der Waals surface area contributed by atoms with Crippen molar-refractivity contribution in [2.24, 2.45) is 0 Å². The van der Waals surface area contributed by atoms with E-state index in [2.05, 4.69) is 33.9 Å². The predicted octanol–water partition coefficient (Wildman–Crippen LogP) is 3.95. The molecule has 1 amide bonds. The minimum atomic E-state index is 0.142. The minimum absolute atomic E-state index is 0.142. The largest absolute Gasteiger partial charge is 0.345 e. The number of aryl methyl sites for hydroxylation is 1. The summed E-state index contributed by atoms with van der Waals surface area (Å²) in [4.78, 5) is 19.4. The lowest BCUT2D eigenvalue weighted by molar-refractivity contribution is -0.127. The molecular weight excluding hydrogens is 360 g/mol. The first kappa shape index (κ1) is 17.0. The molecule has 0 radical (unpaired) electrons. The Balaban J connectivity index is 1.81. The zero-order valence-electron chi connectivity index (χ0n) is 12.8. The number of benzene rings is 1. The number of aromatic nitrogens is 1. The van der Waals surface area contributed by atoms with Crippen LogP contribution < -0.4 is 0 Å². The third kappa shape index (κ3) is 5.14. The molecule has 0 N–H and O–H groups in total. The van der Waals surface area contributed by atoms with Crippen molar-refractivity contribution in [1.82, 2.24) is 9.88 Å². The molecule has 0 spiro atoms. The van der Waals surface area contributed by atoms with Crippen molar-refractivity contribution < 1.29 is 4.79 Å². The molecule has 0 aliphatic heterocycles. The fourth-order valence-electron chi connectivity index (χ4n) is 1.98. The molecule has 1 aromatic heterocycles. The number of amides is 1. The molecule has 1 heterocycles.